The number of nitrogens with zero attached hydrogens (tertiary/aromatic N) is 1. The highest BCUT2D eigenvalue weighted by molar-refractivity contribution is 7.99. The molecule has 0 radical (unpaired) electrons. The zero-order chi connectivity index (χ0) is 14.5. The second kappa shape index (κ2) is 7.14. The number of hydrogen-bond donors (Lipinski definition) is 1. The van der Waals surface area contributed by atoms with Crippen LogP contribution in [0.1, 0.15) is 37.4 Å². The van der Waals surface area contributed by atoms with Crippen molar-refractivity contribution in [1.29, 1.82) is 0 Å². The van der Waals surface area contributed by atoms with Gasteiger partial charge in [0, 0.05) is 35.0 Å². The molecule has 0 saturated heterocycles. The van der Waals surface area contributed by atoms with Crippen molar-refractivity contribution in [2.75, 3.05) is 12.8 Å². The molecule has 1 heterocycles. The minimum absolute atomic E-state index is 0.216. The molecule has 6 heteroatoms. The molecule has 1 aromatic rings. The fraction of sp³-hybridized carbons (Fsp3) is 0.615. The Morgan fingerprint density at radius 2 is 2.11 bits per heavy atom. The predicted octanol–water partition coefficient (Wildman–Crippen LogP) is 3.89. The van der Waals surface area contributed by atoms with Gasteiger partial charge in [0.15, 0.2) is 0 Å². The Balaban J connectivity index is 2.92. The van der Waals surface area contributed by atoms with Gasteiger partial charge in [0.25, 0.3) is 0 Å². The fourth-order valence-corrected chi connectivity index (χ4v) is 2.75. The summed E-state index contributed by atoms with van der Waals surface area (Å²) in [6.07, 6.45) is -0.850. The first kappa shape index (κ1) is 16.3. The molecule has 1 aromatic heterocycles. The Bertz CT molecular complexity index is 396. The molecule has 2 nitrogen and oxygen atoms in total. The van der Waals surface area contributed by atoms with Crippen LogP contribution in [0.2, 0.25) is 0 Å². The highest BCUT2D eigenvalue weighted by Gasteiger charge is 2.35. The van der Waals surface area contributed by atoms with Crippen LogP contribution in [-0.2, 0) is 6.18 Å². The van der Waals surface area contributed by atoms with E-state index in [1.165, 1.54) is 12.4 Å². The summed E-state index contributed by atoms with van der Waals surface area (Å²) >= 11 is 1.67. The van der Waals surface area contributed by atoms with E-state index < -0.39 is 11.7 Å². The molecule has 0 aliphatic carbocycles. The van der Waals surface area contributed by atoms with Crippen molar-refractivity contribution in [2.45, 2.75) is 37.7 Å². The number of thioether (sulfide) groups is 1. The topological polar surface area (TPSA) is 24.9 Å². The second-order valence-corrected chi connectivity index (χ2v) is 5.83. The number of hydrogen-bond acceptors (Lipinski definition) is 3. The van der Waals surface area contributed by atoms with Gasteiger partial charge in [-0.1, -0.05) is 13.8 Å². The van der Waals surface area contributed by atoms with Crippen LogP contribution in [0.4, 0.5) is 13.2 Å². The number of alkyl halides is 3. The van der Waals surface area contributed by atoms with Crippen LogP contribution in [-0.4, -0.2) is 23.0 Å². The summed E-state index contributed by atoms with van der Waals surface area (Å²) < 4.78 is 38.8. The molecule has 2 atom stereocenters. The zero-order valence-electron chi connectivity index (χ0n) is 11.3. The first-order chi connectivity index (χ1) is 8.90. The number of rotatable bonds is 6. The Hall–Kier alpha value is -0.750. The Kier molecular flexibility index (Phi) is 6.13. The molecule has 2 unspecified atom stereocenters. The molecule has 1 rings (SSSR count). The molecule has 0 bridgehead atoms. The second-order valence-electron chi connectivity index (χ2n) is 4.35. The number of nitrogens with one attached hydrogen (secondary N) is 1. The summed E-state index contributed by atoms with van der Waals surface area (Å²) in [7, 11) is 1.68. The summed E-state index contributed by atoms with van der Waals surface area (Å²) in [5.74, 6) is 0.598. The number of pyridine rings is 1. The van der Waals surface area contributed by atoms with Gasteiger partial charge in [-0.15, -0.1) is 0 Å². The first-order valence-corrected chi connectivity index (χ1v) is 7.25. The third kappa shape index (κ3) is 4.69. The van der Waals surface area contributed by atoms with Crippen LogP contribution in [0, 0.1) is 0 Å². The van der Waals surface area contributed by atoms with Crippen molar-refractivity contribution in [3.8, 4) is 0 Å². The molecule has 0 spiro atoms. The minimum atomic E-state index is -4.34. The highest BCUT2D eigenvalue weighted by Crippen LogP contribution is 2.35. The Morgan fingerprint density at radius 3 is 2.63 bits per heavy atom. The van der Waals surface area contributed by atoms with Crippen molar-refractivity contribution in [1.82, 2.24) is 10.3 Å². The summed E-state index contributed by atoms with van der Waals surface area (Å²) in [4.78, 5) is 3.83. The molecule has 108 valence electrons. The number of aromatic nitrogens is 1. The van der Waals surface area contributed by atoms with Gasteiger partial charge in [-0.05, 0) is 19.5 Å². The van der Waals surface area contributed by atoms with Crippen molar-refractivity contribution in [2.24, 2.45) is 0 Å². The largest absolute Gasteiger partial charge is 0.416 e. The molecule has 1 N–H and O–H groups in total. The lowest BCUT2D eigenvalue weighted by atomic mass is 10.0. The lowest BCUT2D eigenvalue weighted by molar-refractivity contribution is -0.138. The molecule has 0 fully saturated rings. The third-order valence-corrected chi connectivity index (χ3v) is 4.43. The molecular weight excluding hydrogens is 273 g/mol. The molecule has 0 aliphatic rings. The van der Waals surface area contributed by atoms with E-state index in [2.05, 4.69) is 24.1 Å². The molecule has 0 amide bonds. The lowest BCUT2D eigenvalue weighted by Crippen LogP contribution is -2.23. The molecule has 0 saturated carbocycles. The molecular formula is C13H19F3N2S. The van der Waals surface area contributed by atoms with Crippen molar-refractivity contribution >= 4 is 11.8 Å². The van der Waals surface area contributed by atoms with Gasteiger partial charge < -0.3 is 5.32 Å². The summed E-state index contributed by atoms with van der Waals surface area (Å²) in [5.41, 5.74) is -0.389. The standard InChI is InChI=1S/C13H19F3N2S/c1-4-9(2)19-8-12(17-3)10-7-18-6-5-11(10)13(14,15)16/h5-7,9,12,17H,4,8H2,1-3H3. The van der Waals surface area contributed by atoms with Crippen molar-refractivity contribution < 1.29 is 13.2 Å². The fourth-order valence-electron chi connectivity index (χ4n) is 1.65. The quantitative estimate of drug-likeness (QED) is 0.861. The van der Waals surface area contributed by atoms with Crippen LogP contribution in [0.5, 0.6) is 0 Å². The van der Waals surface area contributed by atoms with Gasteiger partial charge in [0.2, 0.25) is 0 Å². The maximum Gasteiger partial charge on any atom is 0.416 e. The van der Waals surface area contributed by atoms with Gasteiger partial charge in [-0.2, -0.15) is 24.9 Å². The molecule has 19 heavy (non-hydrogen) atoms. The Morgan fingerprint density at radius 1 is 1.42 bits per heavy atom. The van der Waals surface area contributed by atoms with Crippen LogP contribution in [0.3, 0.4) is 0 Å². The van der Waals surface area contributed by atoms with E-state index in [0.29, 0.717) is 11.0 Å². The first-order valence-electron chi connectivity index (χ1n) is 6.20. The van der Waals surface area contributed by atoms with Crippen LogP contribution >= 0.6 is 11.8 Å². The molecule has 0 aliphatic heterocycles. The number of halogens is 3. The molecule has 0 aromatic carbocycles. The van der Waals surface area contributed by atoms with Crippen molar-refractivity contribution in [3.05, 3.63) is 29.6 Å². The average Bonchev–Trinajstić information content (AvgIpc) is 2.38. The van der Waals surface area contributed by atoms with Gasteiger partial charge in [0.1, 0.15) is 0 Å². The maximum atomic E-state index is 12.9. The van der Waals surface area contributed by atoms with Crippen LogP contribution in [0.15, 0.2) is 18.5 Å². The monoisotopic (exact) mass is 292 g/mol. The Labute approximate surface area is 116 Å². The van der Waals surface area contributed by atoms with E-state index in [0.717, 1.165) is 12.5 Å². The SMILES string of the molecule is CCC(C)SCC(NC)c1cnccc1C(F)(F)F. The predicted molar refractivity (Wildman–Crippen MR) is 73.3 cm³/mol. The van der Waals surface area contributed by atoms with Crippen LogP contribution < -0.4 is 5.32 Å². The van der Waals surface area contributed by atoms with E-state index in [1.54, 1.807) is 18.8 Å². The van der Waals surface area contributed by atoms with Crippen LogP contribution in [0.25, 0.3) is 0 Å². The third-order valence-electron chi connectivity index (χ3n) is 3.00. The highest BCUT2D eigenvalue weighted by atomic mass is 32.2. The van der Waals surface area contributed by atoms with Gasteiger partial charge >= 0.3 is 6.18 Å². The minimum Gasteiger partial charge on any atom is -0.312 e. The van der Waals surface area contributed by atoms with Gasteiger partial charge in [-0.25, -0.2) is 0 Å². The van der Waals surface area contributed by atoms with Gasteiger partial charge in [0.05, 0.1) is 5.56 Å². The normalized spacial score (nSPS) is 15.3. The zero-order valence-corrected chi connectivity index (χ0v) is 12.1. The smallest absolute Gasteiger partial charge is 0.312 e. The summed E-state index contributed by atoms with van der Waals surface area (Å²) in [6.45, 7) is 4.14. The van der Waals surface area contributed by atoms with E-state index in [9.17, 15) is 13.2 Å². The summed E-state index contributed by atoms with van der Waals surface area (Å²) in [6, 6.07) is 0.692. The van der Waals surface area contributed by atoms with E-state index in [1.807, 2.05) is 0 Å². The summed E-state index contributed by atoms with van der Waals surface area (Å²) in [5, 5.41) is 3.38. The lowest BCUT2D eigenvalue weighted by Gasteiger charge is -2.21. The van der Waals surface area contributed by atoms with E-state index >= 15 is 0 Å². The van der Waals surface area contributed by atoms with Gasteiger partial charge in [-0.3, -0.25) is 4.98 Å². The van der Waals surface area contributed by atoms with E-state index in [4.69, 9.17) is 0 Å². The van der Waals surface area contributed by atoms with E-state index in [-0.39, 0.29) is 11.6 Å². The maximum absolute atomic E-state index is 12.9. The van der Waals surface area contributed by atoms with Crippen molar-refractivity contribution in [3.63, 3.8) is 0 Å². The average molecular weight is 292 g/mol.